The van der Waals surface area contributed by atoms with Crippen molar-refractivity contribution >= 4 is 41.4 Å². The van der Waals surface area contributed by atoms with E-state index >= 15 is 0 Å². The van der Waals surface area contributed by atoms with Gasteiger partial charge in [-0.1, -0.05) is 36.4 Å². The van der Waals surface area contributed by atoms with Gasteiger partial charge in [0.25, 0.3) is 0 Å². The van der Waals surface area contributed by atoms with Crippen molar-refractivity contribution < 1.29 is 44.4 Å². The maximum absolute atomic E-state index is 13.5. The Kier molecular flexibility index (Phi) is 14.7. The molecule has 0 saturated heterocycles. The fourth-order valence-corrected chi connectivity index (χ4v) is 5.19. The van der Waals surface area contributed by atoms with Crippen LogP contribution in [-0.4, -0.2) is 92.7 Å². The molecule has 0 heterocycles. The highest BCUT2D eigenvalue weighted by Gasteiger charge is 2.30. The molecule has 0 unspecified atom stereocenters. The molecule has 4 amide bonds. The fraction of sp³-hybridized carbons (Fsp3) is 0.324. The highest BCUT2D eigenvalue weighted by Crippen LogP contribution is 2.15. The number of phenols is 3. The number of hydrogen-bond acceptors (Lipinski definition) is 10. The van der Waals surface area contributed by atoms with E-state index in [0.29, 0.717) is 22.4 Å². The number of thioether (sulfide) groups is 1. The average molecular weight is 696 g/mol. The number of benzene rings is 3. The maximum Gasteiger partial charge on any atom is 0.326 e. The minimum Gasteiger partial charge on any atom is -0.508 e. The highest BCUT2D eigenvalue weighted by atomic mass is 32.2. The van der Waals surface area contributed by atoms with Gasteiger partial charge >= 0.3 is 5.97 Å². The lowest BCUT2D eigenvalue weighted by molar-refractivity contribution is -0.142. The van der Waals surface area contributed by atoms with E-state index in [-0.39, 0.29) is 42.9 Å². The molecule has 3 rings (SSSR count). The third kappa shape index (κ3) is 13.0. The lowest BCUT2D eigenvalue weighted by atomic mass is 10.0. The number of nitrogens with one attached hydrogen (secondary N) is 4. The standard InChI is InChI=1S/C34H41N5O9S/c1-49-15-14-27(37-30(43)19-36-31(44)26(35)16-20-2-8-23(40)9-3-20)32(45)38-28(17-21-4-10-24(41)11-5-21)33(46)39-29(34(47)48)18-22-6-12-25(42)13-7-22/h2-13,26-29,40-42H,14-19,35H2,1H3,(H,36,44)(H,37,43)(H,38,45)(H,39,46)(H,47,48)/t26-,27-,28-,29-/m0/s1. The Hall–Kier alpha value is -5.28. The van der Waals surface area contributed by atoms with E-state index in [0.717, 1.165) is 0 Å². The number of amides is 4. The minimum absolute atomic E-state index is 0.00368. The van der Waals surface area contributed by atoms with Crippen LogP contribution in [0.2, 0.25) is 0 Å². The Bertz CT molecular complexity index is 1570. The van der Waals surface area contributed by atoms with Crippen LogP contribution in [-0.2, 0) is 43.2 Å². The van der Waals surface area contributed by atoms with Gasteiger partial charge in [-0.25, -0.2) is 4.79 Å². The second-order valence-electron chi connectivity index (χ2n) is 11.3. The molecule has 262 valence electrons. The smallest absolute Gasteiger partial charge is 0.326 e. The molecule has 4 atom stereocenters. The van der Waals surface area contributed by atoms with Crippen LogP contribution in [0, 0.1) is 0 Å². The summed E-state index contributed by atoms with van der Waals surface area (Å²) in [7, 11) is 0. The Morgan fingerprint density at radius 3 is 1.53 bits per heavy atom. The van der Waals surface area contributed by atoms with E-state index in [4.69, 9.17) is 5.73 Å². The number of rotatable bonds is 18. The molecule has 3 aromatic carbocycles. The van der Waals surface area contributed by atoms with Gasteiger partial charge in [0.2, 0.25) is 23.6 Å². The normalized spacial score (nSPS) is 13.3. The monoisotopic (exact) mass is 695 g/mol. The summed E-state index contributed by atoms with van der Waals surface area (Å²) in [6, 6.07) is 13.2. The second kappa shape index (κ2) is 18.9. The molecule has 0 spiro atoms. The van der Waals surface area contributed by atoms with Crippen LogP contribution in [0.5, 0.6) is 17.2 Å². The second-order valence-corrected chi connectivity index (χ2v) is 12.3. The quantitative estimate of drug-likeness (QED) is 0.0891. The van der Waals surface area contributed by atoms with Gasteiger partial charge in [-0.2, -0.15) is 11.8 Å². The van der Waals surface area contributed by atoms with Crippen molar-refractivity contribution in [3.05, 3.63) is 89.5 Å². The van der Waals surface area contributed by atoms with Gasteiger partial charge in [0.1, 0.15) is 35.4 Å². The molecule has 3 aromatic rings. The first-order valence-electron chi connectivity index (χ1n) is 15.3. The molecule has 0 aliphatic rings. The largest absolute Gasteiger partial charge is 0.508 e. The van der Waals surface area contributed by atoms with Crippen molar-refractivity contribution in [3.8, 4) is 17.2 Å². The molecule has 10 N–H and O–H groups in total. The van der Waals surface area contributed by atoms with Gasteiger partial charge in [0.15, 0.2) is 0 Å². The number of nitrogens with two attached hydrogens (primary N) is 1. The summed E-state index contributed by atoms with van der Waals surface area (Å²) in [4.78, 5) is 64.5. The summed E-state index contributed by atoms with van der Waals surface area (Å²) in [5.41, 5.74) is 7.78. The van der Waals surface area contributed by atoms with Crippen molar-refractivity contribution in [2.24, 2.45) is 5.73 Å². The van der Waals surface area contributed by atoms with Crippen molar-refractivity contribution in [2.75, 3.05) is 18.6 Å². The van der Waals surface area contributed by atoms with Gasteiger partial charge in [-0.3, -0.25) is 19.2 Å². The van der Waals surface area contributed by atoms with Crippen LogP contribution in [0.1, 0.15) is 23.1 Å². The summed E-state index contributed by atoms with van der Waals surface area (Å²) in [6.45, 7) is -0.472. The zero-order chi connectivity index (χ0) is 35.9. The SMILES string of the molecule is CSCC[C@H](NC(=O)CNC(=O)[C@@H](N)Cc1ccc(O)cc1)C(=O)N[C@@H](Cc1ccc(O)cc1)C(=O)N[C@@H](Cc1ccc(O)cc1)C(=O)O. The van der Waals surface area contributed by atoms with E-state index < -0.39 is 60.3 Å². The van der Waals surface area contributed by atoms with E-state index in [1.807, 2.05) is 6.26 Å². The zero-order valence-electron chi connectivity index (χ0n) is 26.8. The van der Waals surface area contributed by atoms with E-state index in [1.165, 1.54) is 60.3 Å². The number of carbonyl (C=O) groups excluding carboxylic acids is 4. The molecular weight excluding hydrogens is 654 g/mol. The predicted molar refractivity (Wildman–Crippen MR) is 183 cm³/mol. The van der Waals surface area contributed by atoms with Gasteiger partial charge in [0, 0.05) is 12.8 Å². The van der Waals surface area contributed by atoms with Crippen LogP contribution >= 0.6 is 11.8 Å². The predicted octanol–water partition coefficient (Wildman–Crippen LogP) is 0.567. The van der Waals surface area contributed by atoms with Crippen molar-refractivity contribution in [1.29, 1.82) is 0 Å². The summed E-state index contributed by atoms with van der Waals surface area (Å²) >= 11 is 1.42. The van der Waals surface area contributed by atoms with Crippen molar-refractivity contribution in [3.63, 3.8) is 0 Å². The molecule has 14 nitrogen and oxygen atoms in total. The van der Waals surface area contributed by atoms with Gasteiger partial charge in [-0.05, 0) is 77.9 Å². The first-order chi connectivity index (χ1) is 23.3. The highest BCUT2D eigenvalue weighted by molar-refractivity contribution is 7.98. The van der Waals surface area contributed by atoms with E-state index in [1.54, 1.807) is 24.3 Å². The molecule has 0 aliphatic carbocycles. The molecule has 0 fully saturated rings. The summed E-state index contributed by atoms with van der Waals surface area (Å²) in [5.74, 6) is -3.57. The van der Waals surface area contributed by atoms with Crippen LogP contribution in [0.4, 0.5) is 0 Å². The lowest BCUT2D eigenvalue weighted by Gasteiger charge is -2.25. The zero-order valence-corrected chi connectivity index (χ0v) is 27.6. The molecule has 49 heavy (non-hydrogen) atoms. The van der Waals surface area contributed by atoms with Gasteiger partial charge in [0.05, 0.1) is 12.6 Å². The molecular formula is C34H41N5O9S. The molecule has 0 aromatic heterocycles. The lowest BCUT2D eigenvalue weighted by Crippen LogP contribution is -2.57. The number of aromatic hydroxyl groups is 3. The summed E-state index contributed by atoms with van der Waals surface area (Å²) < 4.78 is 0. The van der Waals surface area contributed by atoms with E-state index in [2.05, 4.69) is 21.3 Å². The number of carbonyl (C=O) groups is 5. The van der Waals surface area contributed by atoms with Gasteiger partial charge in [-0.15, -0.1) is 0 Å². The first-order valence-corrected chi connectivity index (χ1v) is 16.7. The Morgan fingerprint density at radius 1 is 0.633 bits per heavy atom. The van der Waals surface area contributed by atoms with Crippen molar-refractivity contribution in [1.82, 2.24) is 21.3 Å². The summed E-state index contributed by atoms with van der Waals surface area (Å²) in [6.07, 6.45) is 1.99. The first kappa shape index (κ1) is 38.2. The molecule has 0 bridgehead atoms. The number of carboxylic acids is 1. The van der Waals surface area contributed by atoms with Crippen LogP contribution in [0.25, 0.3) is 0 Å². The Morgan fingerprint density at radius 2 is 1.06 bits per heavy atom. The maximum atomic E-state index is 13.5. The fourth-order valence-electron chi connectivity index (χ4n) is 4.72. The van der Waals surface area contributed by atoms with Crippen LogP contribution < -0.4 is 27.0 Å². The third-order valence-corrected chi connectivity index (χ3v) is 8.06. The topological polar surface area (TPSA) is 240 Å². The van der Waals surface area contributed by atoms with Crippen molar-refractivity contribution in [2.45, 2.75) is 49.9 Å². The number of aliphatic carboxylic acids is 1. The summed E-state index contributed by atoms with van der Waals surface area (Å²) in [5, 5.41) is 48.7. The molecule has 0 radical (unpaired) electrons. The molecule has 0 saturated carbocycles. The third-order valence-electron chi connectivity index (χ3n) is 7.41. The van der Waals surface area contributed by atoms with Gasteiger partial charge < -0.3 is 47.4 Å². The molecule has 0 aliphatic heterocycles. The number of phenolic OH excluding ortho intramolecular Hbond substituents is 3. The molecule has 15 heteroatoms. The average Bonchev–Trinajstić information content (AvgIpc) is 3.07. The van der Waals surface area contributed by atoms with Crippen LogP contribution in [0.15, 0.2) is 72.8 Å². The Balaban J connectivity index is 1.69. The number of carboxylic acid groups (broad SMARTS) is 1. The Labute approximate surface area is 287 Å². The number of hydrogen-bond donors (Lipinski definition) is 9. The minimum atomic E-state index is -1.37. The van der Waals surface area contributed by atoms with Crippen LogP contribution in [0.3, 0.4) is 0 Å². The van der Waals surface area contributed by atoms with E-state index in [9.17, 15) is 44.4 Å².